The van der Waals surface area contributed by atoms with Gasteiger partial charge in [0.1, 0.15) is 11.6 Å². The second kappa shape index (κ2) is 10.1. The number of carbonyl (C=O) groups excluding carboxylic acids is 1. The van der Waals surface area contributed by atoms with E-state index in [0.29, 0.717) is 36.7 Å². The second-order valence-corrected chi connectivity index (χ2v) is 7.94. The van der Waals surface area contributed by atoms with Gasteiger partial charge in [0, 0.05) is 18.5 Å². The maximum atomic E-state index is 13.5. The van der Waals surface area contributed by atoms with Crippen LogP contribution in [-0.2, 0) is 17.8 Å². The molecule has 1 N–H and O–H groups in total. The molecular weight excluding hydrogens is 417 g/mol. The van der Waals surface area contributed by atoms with Crippen LogP contribution < -0.4 is 10.1 Å². The van der Waals surface area contributed by atoms with E-state index in [9.17, 15) is 9.18 Å². The molecular formula is C27H26FN3O2. The monoisotopic (exact) mass is 443 g/mol. The van der Waals surface area contributed by atoms with E-state index in [1.807, 2.05) is 68.4 Å². The van der Waals surface area contributed by atoms with E-state index in [-0.39, 0.29) is 11.7 Å². The number of aromatic nitrogens is 2. The molecule has 168 valence electrons. The van der Waals surface area contributed by atoms with Gasteiger partial charge in [-0.3, -0.25) is 4.79 Å². The Kier molecular flexibility index (Phi) is 6.83. The molecule has 0 fully saturated rings. The van der Waals surface area contributed by atoms with Gasteiger partial charge in [-0.2, -0.15) is 5.10 Å². The van der Waals surface area contributed by atoms with Crippen LogP contribution in [0, 0.1) is 19.7 Å². The van der Waals surface area contributed by atoms with Gasteiger partial charge in [0.15, 0.2) is 0 Å². The lowest BCUT2D eigenvalue weighted by Crippen LogP contribution is -2.23. The Morgan fingerprint density at radius 3 is 2.48 bits per heavy atom. The smallest absolute Gasteiger partial charge is 0.226 e. The molecule has 6 heteroatoms. The number of nitrogens with one attached hydrogen (secondary N) is 1. The Morgan fingerprint density at radius 2 is 1.76 bits per heavy atom. The quantitative estimate of drug-likeness (QED) is 0.382. The lowest BCUT2D eigenvalue weighted by Gasteiger charge is -2.12. The molecule has 0 unspecified atom stereocenters. The first-order valence-electron chi connectivity index (χ1n) is 10.9. The number of hydrogen-bond donors (Lipinski definition) is 1. The van der Waals surface area contributed by atoms with Crippen LogP contribution in [0.3, 0.4) is 0 Å². The third-order valence-electron chi connectivity index (χ3n) is 5.35. The minimum atomic E-state index is -0.320. The molecule has 0 atom stereocenters. The molecule has 1 amide bonds. The summed E-state index contributed by atoms with van der Waals surface area (Å²) in [5.74, 6) is 0.835. The predicted octanol–water partition coefficient (Wildman–Crippen LogP) is 5.67. The molecule has 4 rings (SSSR count). The summed E-state index contributed by atoms with van der Waals surface area (Å²) in [5, 5.41) is 7.60. The molecule has 0 aliphatic rings. The lowest BCUT2D eigenvalue weighted by molar-refractivity contribution is -0.121. The summed E-state index contributed by atoms with van der Waals surface area (Å²) in [6, 6.07) is 23.6. The predicted molar refractivity (Wildman–Crippen MR) is 126 cm³/mol. The van der Waals surface area contributed by atoms with Gasteiger partial charge in [-0.1, -0.05) is 42.5 Å². The zero-order chi connectivity index (χ0) is 23.2. The summed E-state index contributed by atoms with van der Waals surface area (Å²) in [6.45, 7) is 4.37. The van der Waals surface area contributed by atoms with Crippen molar-refractivity contribution in [2.45, 2.75) is 33.2 Å². The molecule has 0 radical (unpaired) electrons. The number of benzene rings is 3. The van der Waals surface area contributed by atoms with Gasteiger partial charge >= 0.3 is 0 Å². The van der Waals surface area contributed by atoms with E-state index in [1.54, 1.807) is 16.8 Å². The summed E-state index contributed by atoms with van der Waals surface area (Å²) in [7, 11) is 0. The van der Waals surface area contributed by atoms with Crippen LogP contribution in [0.15, 0.2) is 78.9 Å². The minimum Gasteiger partial charge on any atom is -0.439 e. The van der Waals surface area contributed by atoms with Crippen molar-refractivity contribution in [3.63, 3.8) is 0 Å². The number of halogens is 1. The van der Waals surface area contributed by atoms with Crippen molar-refractivity contribution in [2.24, 2.45) is 0 Å². The second-order valence-electron chi connectivity index (χ2n) is 7.94. The number of aryl methyl sites for hydroxylation is 2. The fraction of sp³-hybridized carbons (Fsp3) is 0.185. The fourth-order valence-corrected chi connectivity index (χ4v) is 3.60. The van der Waals surface area contributed by atoms with Gasteiger partial charge < -0.3 is 10.1 Å². The summed E-state index contributed by atoms with van der Waals surface area (Å²) in [6.07, 6.45) is 0.766. The number of hydrogen-bond acceptors (Lipinski definition) is 3. The summed E-state index contributed by atoms with van der Waals surface area (Å²) >= 11 is 0. The Bertz CT molecular complexity index is 1230. The largest absolute Gasteiger partial charge is 0.439 e. The Labute approximate surface area is 192 Å². The van der Waals surface area contributed by atoms with Crippen LogP contribution in [0.4, 0.5) is 4.39 Å². The molecule has 1 heterocycles. The normalized spacial score (nSPS) is 10.8. The maximum Gasteiger partial charge on any atom is 0.226 e. The molecule has 4 aromatic rings. The van der Waals surface area contributed by atoms with E-state index in [0.717, 1.165) is 22.4 Å². The van der Waals surface area contributed by atoms with Crippen molar-refractivity contribution in [3.8, 4) is 17.3 Å². The zero-order valence-corrected chi connectivity index (χ0v) is 18.7. The highest BCUT2D eigenvalue weighted by atomic mass is 19.1. The van der Waals surface area contributed by atoms with E-state index >= 15 is 0 Å². The van der Waals surface area contributed by atoms with Crippen LogP contribution in [-0.4, -0.2) is 15.7 Å². The highest BCUT2D eigenvalue weighted by molar-refractivity contribution is 5.76. The lowest BCUT2D eigenvalue weighted by atomic mass is 10.1. The number of amides is 1. The Balaban J connectivity index is 1.56. The van der Waals surface area contributed by atoms with Gasteiger partial charge in [0.25, 0.3) is 0 Å². The summed E-state index contributed by atoms with van der Waals surface area (Å²) in [4.78, 5) is 12.5. The third kappa shape index (κ3) is 5.66. The number of rotatable bonds is 8. The van der Waals surface area contributed by atoms with Crippen LogP contribution in [0.25, 0.3) is 5.69 Å². The first kappa shape index (κ1) is 22.3. The van der Waals surface area contributed by atoms with Gasteiger partial charge in [0.2, 0.25) is 11.8 Å². The van der Waals surface area contributed by atoms with Crippen molar-refractivity contribution in [1.82, 2.24) is 15.1 Å². The number of carbonyl (C=O) groups is 1. The van der Waals surface area contributed by atoms with Crippen LogP contribution >= 0.6 is 0 Å². The minimum absolute atomic E-state index is 0.0470. The number of nitrogens with zero attached hydrogens (tertiary/aromatic N) is 2. The molecule has 3 aromatic carbocycles. The van der Waals surface area contributed by atoms with Gasteiger partial charge in [-0.25, -0.2) is 9.07 Å². The number of ether oxygens (including phenoxy) is 1. The molecule has 0 spiro atoms. The van der Waals surface area contributed by atoms with Crippen molar-refractivity contribution in [3.05, 3.63) is 107 Å². The molecule has 5 nitrogen and oxygen atoms in total. The van der Waals surface area contributed by atoms with Crippen LogP contribution in [0.1, 0.15) is 28.8 Å². The van der Waals surface area contributed by atoms with Gasteiger partial charge in [-0.15, -0.1) is 0 Å². The average molecular weight is 444 g/mol. The van der Waals surface area contributed by atoms with Crippen molar-refractivity contribution in [1.29, 1.82) is 0 Å². The van der Waals surface area contributed by atoms with E-state index in [1.165, 1.54) is 12.1 Å². The Hall–Kier alpha value is -3.93. The summed E-state index contributed by atoms with van der Waals surface area (Å²) < 4.78 is 21.4. The van der Waals surface area contributed by atoms with Crippen molar-refractivity contribution >= 4 is 5.91 Å². The first-order chi connectivity index (χ1) is 16.0. The highest BCUT2D eigenvalue weighted by Gasteiger charge is 2.20. The highest BCUT2D eigenvalue weighted by Crippen LogP contribution is 2.32. The SMILES string of the molecule is Cc1cccc(Oc2c(CCC(=O)NCc3ccccc3)c(C)nn2-c2ccc(F)cc2)c1. The maximum absolute atomic E-state index is 13.5. The van der Waals surface area contributed by atoms with Crippen LogP contribution in [0.5, 0.6) is 11.6 Å². The van der Waals surface area contributed by atoms with E-state index < -0.39 is 0 Å². The first-order valence-corrected chi connectivity index (χ1v) is 10.9. The van der Waals surface area contributed by atoms with Gasteiger partial charge in [0.05, 0.1) is 11.4 Å². The van der Waals surface area contributed by atoms with Crippen molar-refractivity contribution < 1.29 is 13.9 Å². The molecule has 0 aliphatic carbocycles. The molecule has 0 bridgehead atoms. The molecule has 0 aliphatic heterocycles. The molecule has 0 saturated carbocycles. The molecule has 0 saturated heterocycles. The standard InChI is InChI=1S/C27H26FN3O2/c1-19-7-6-10-24(17-19)33-27-25(15-16-26(32)29-18-21-8-4-3-5-9-21)20(2)30-31(27)23-13-11-22(28)12-14-23/h3-14,17H,15-16,18H2,1-2H3,(H,29,32). The molecule has 1 aromatic heterocycles. The van der Waals surface area contributed by atoms with E-state index in [2.05, 4.69) is 10.4 Å². The summed E-state index contributed by atoms with van der Waals surface area (Å²) in [5.41, 5.74) is 4.41. The van der Waals surface area contributed by atoms with E-state index in [4.69, 9.17) is 4.74 Å². The zero-order valence-electron chi connectivity index (χ0n) is 18.7. The van der Waals surface area contributed by atoms with Crippen LogP contribution in [0.2, 0.25) is 0 Å². The fourth-order valence-electron chi connectivity index (χ4n) is 3.60. The third-order valence-corrected chi connectivity index (χ3v) is 5.35. The van der Waals surface area contributed by atoms with Gasteiger partial charge in [-0.05, 0) is 67.8 Å². The molecule has 33 heavy (non-hydrogen) atoms. The topological polar surface area (TPSA) is 56.1 Å². The average Bonchev–Trinajstić information content (AvgIpc) is 3.12. The Morgan fingerprint density at radius 1 is 1.00 bits per heavy atom. The van der Waals surface area contributed by atoms with Crippen molar-refractivity contribution in [2.75, 3.05) is 0 Å².